The van der Waals surface area contributed by atoms with Gasteiger partial charge in [-0.2, -0.15) is 0 Å². The molecule has 0 fully saturated rings. The Balaban J connectivity index is 2.45. The zero-order valence-electron chi connectivity index (χ0n) is 11.0. The van der Waals surface area contributed by atoms with Crippen LogP contribution in [0.5, 0.6) is 0 Å². The molecule has 2 rings (SSSR count). The summed E-state index contributed by atoms with van der Waals surface area (Å²) in [6.45, 7) is 7.97. The van der Waals surface area contributed by atoms with E-state index in [2.05, 4.69) is 0 Å². The van der Waals surface area contributed by atoms with Crippen molar-refractivity contribution in [2.24, 2.45) is 17.3 Å². The first-order valence-corrected chi connectivity index (χ1v) is 6.33. The van der Waals surface area contributed by atoms with Gasteiger partial charge >= 0.3 is 5.97 Å². The minimum Gasteiger partial charge on any atom is -0.430 e. The molecule has 94 valence electrons. The van der Waals surface area contributed by atoms with E-state index >= 15 is 0 Å². The van der Waals surface area contributed by atoms with E-state index in [4.69, 9.17) is 4.74 Å². The van der Waals surface area contributed by atoms with Crippen LogP contribution < -0.4 is 0 Å². The Morgan fingerprint density at radius 2 is 1.94 bits per heavy atom. The van der Waals surface area contributed by atoms with Crippen molar-refractivity contribution in [1.82, 2.24) is 0 Å². The second-order valence-electron chi connectivity index (χ2n) is 6.00. The third kappa shape index (κ3) is 2.03. The Bertz CT molecular complexity index is 404. The van der Waals surface area contributed by atoms with Crippen LogP contribution in [0.4, 0.5) is 0 Å². The van der Waals surface area contributed by atoms with Crippen LogP contribution in [0.15, 0.2) is 11.3 Å². The molecule has 2 aliphatic rings. The fourth-order valence-corrected chi connectivity index (χ4v) is 2.97. The van der Waals surface area contributed by atoms with E-state index in [1.165, 1.54) is 0 Å². The van der Waals surface area contributed by atoms with Gasteiger partial charge in [-0.05, 0) is 11.8 Å². The highest BCUT2D eigenvalue weighted by molar-refractivity contribution is 5.99. The highest BCUT2D eigenvalue weighted by Crippen LogP contribution is 2.44. The lowest BCUT2D eigenvalue weighted by atomic mass is 9.70. The van der Waals surface area contributed by atoms with E-state index in [-0.39, 0.29) is 29.0 Å². The maximum Gasteiger partial charge on any atom is 0.314 e. The van der Waals surface area contributed by atoms with Gasteiger partial charge in [-0.25, -0.2) is 0 Å². The number of esters is 1. The molecule has 2 atom stereocenters. The SMILES string of the molecule is CC[C@H]1C2=C(CC(C)(C)CC2=O)OC(=O)[C@@H]1C. The Hall–Kier alpha value is -1.12. The van der Waals surface area contributed by atoms with Gasteiger partial charge in [-0.3, -0.25) is 9.59 Å². The van der Waals surface area contributed by atoms with Crippen LogP contribution in [0.2, 0.25) is 0 Å². The zero-order chi connectivity index (χ0) is 12.8. The third-order valence-corrected chi connectivity index (χ3v) is 3.89. The third-order valence-electron chi connectivity index (χ3n) is 3.89. The van der Waals surface area contributed by atoms with Crippen LogP contribution in [-0.2, 0) is 14.3 Å². The second kappa shape index (κ2) is 3.97. The van der Waals surface area contributed by atoms with Crippen molar-refractivity contribution in [2.75, 3.05) is 0 Å². The summed E-state index contributed by atoms with van der Waals surface area (Å²) in [6, 6.07) is 0. The molecule has 1 aliphatic heterocycles. The first kappa shape index (κ1) is 12.3. The first-order chi connectivity index (χ1) is 7.85. The number of hydrogen-bond donors (Lipinski definition) is 0. The number of carbonyl (C=O) groups excluding carboxylic acids is 2. The first-order valence-electron chi connectivity index (χ1n) is 6.33. The van der Waals surface area contributed by atoms with E-state index in [9.17, 15) is 9.59 Å². The highest BCUT2D eigenvalue weighted by Gasteiger charge is 2.44. The molecule has 0 spiro atoms. The summed E-state index contributed by atoms with van der Waals surface area (Å²) >= 11 is 0. The number of ketones is 1. The molecular formula is C14H20O3. The average molecular weight is 236 g/mol. The molecule has 1 aliphatic carbocycles. The standard InChI is InChI=1S/C14H20O3/c1-5-9-8(2)13(16)17-11-7-14(3,4)6-10(15)12(9)11/h8-9H,5-7H2,1-4H3/t8-,9-/m1/s1. The molecule has 0 bridgehead atoms. The predicted octanol–water partition coefficient (Wildman–Crippen LogP) is 2.85. The molecule has 0 aromatic heterocycles. The van der Waals surface area contributed by atoms with Crippen LogP contribution in [0.3, 0.4) is 0 Å². The van der Waals surface area contributed by atoms with Crippen LogP contribution >= 0.6 is 0 Å². The molecular weight excluding hydrogens is 216 g/mol. The van der Waals surface area contributed by atoms with E-state index in [1.807, 2.05) is 27.7 Å². The predicted molar refractivity (Wildman–Crippen MR) is 64.1 cm³/mol. The lowest BCUT2D eigenvalue weighted by Crippen LogP contribution is -2.38. The largest absolute Gasteiger partial charge is 0.430 e. The summed E-state index contributed by atoms with van der Waals surface area (Å²) in [7, 11) is 0. The van der Waals surface area contributed by atoms with Gasteiger partial charge in [-0.15, -0.1) is 0 Å². The summed E-state index contributed by atoms with van der Waals surface area (Å²) in [5.41, 5.74) is 0.702. The minimum absolute atomic E-state index is 0.0508. The van der Waals surface area contributed by atoms with Gasteiger partial charge in [0.25, 0.3) is 0 Å². The fourth-order valence-electron chi connectivity index (χ4n) is 2.97. The molecule has 0 unspecified atom stereocenters. The molecule has 0 saturated heterocycles. The van der Waals surface area contributed by atoms with E-state index in [0.29, 0.717) is 18.6 Å². The Labute approximate surface area is 102 Å². The molecule has 0 aromatic carbocycles. The summed E-state index contributed by atoms with van der Waals surface area (Å²) in [5.74, 6) is 0.489. The van der Waals surface area contributed by atoms with Crippen molar-refractivity contribution < 1.29 is 14.3 Å². The number of hydrogen-bond acceptors (Lipinski definition) is 3. The summed E-state index contributed by atoms with van der Waals surface area (Å²) < 4.78 is 5.36. The number of ether oxygens (including phenoxy) is 1. The maximum absolute atomic E-state index is 12.2. The quantitative estimate of drug-likeness (QED) is 0.657. The Morgan fingerprint density at radius 1 is 1.29 bits per heavy atom. The lowest BCUT2D eigenvalue weighted by Gasteiger charge is -2.38. The van der Waals surface area contributed by atoms with Gasteiger partial charge in [0.1, 0.15) is 5.76 Å². The van der Waals surface area contributed by atoms with Crippen molar-refractivity contribution >= 4 is 11.8 Å². The monoisotopic (exact) mass is 236 g/mol. The molecule has 0 saturated carbocycles. The summed E-state index contributed by atoms with van der Waals surface area (Å²) in [4.78, 5) is 24.0. The molecule has 1 heterocycles. The number of rotatable bonds is 1. The van der Waals surface area contributed by atoms with Gasteiger partial charge in [0.05, 0.1) is 5.92 Å². The minimum atomic E-state index is -0.191. The maximum atomic E-state index is 12.2. The van der Waals surface area contributed by atoms with Crippen molar-refractivity contribution in [2.45, 2.75) is 47.0 Å². The van der Waals surface area contributed by atoms with Crippen molar-refractivity contribution in [3.8, 4) is 0 Å². The van der Waals surface area contributed by atoms with Crippen LogP contribution in [-0.4, -0.2) is 11.8 Å². The van der Waals surface area contributed by atoms with Gasteiger partial charge < -0.3 is 4.74 Å². The summed E-state index contributed by atoms with van der Waals surface area (Å²) in [6.07, 6.45) is 2.08. The zero-order valence-corrected chi connectivity index (χ0v) is 11.0. The van der Waals surface area contributed by atoms with Crippen molar-refractivity contribution in [3.05, 3.63) is 11.3 Å². The smallest absolute Gasteiger partial charge is 0.314 e. The Morgan fingerprint density at radius 3 is 2.53 bits per heavy atom. The van der Waals surface area contributed by atoms with Gasteiger partial charge in [0.15, 0.2) is 5.78 Å². The van der Waals surface area contributed by atoms with E-state index < -0.39 is 0 Å². The number of allylic oxidation sites excluding steroid dienone is 2. The molecule has 0 amide bonds. The Kier molecular flexibility index (Phi) is 2.88. The van der Waals surface area contributed by atoms with Gasteiger partial charge in [-0.1, -0.05) is 27.7 Å². The number of carbonyl (C=O) groups is 2. The molecule has 17 heavy (non-hydrogen) atoms. The highest BCUT2D eigenvalue weighted by atomic mass is 16.5. The average Bonchev–Trinajstić information content (AvgIpc) is 2.19. The van der Waals surface area contributed by atoms with Crippen molar-refractivity contribution in [3.63, 3.8) is 0 Å². The topological polar surface area (TPSA) is 43.4 Å². The van der Waals surface area contributed by atoms with Crippen molar-refractivity contribution in [1.29, 1.82) is 0 Å². The molecule has 0 N–H and O–H groups in total. The molecule has 3 nitrogen and oxygen atoms in total. The molecule has 0 radical (unpaired) electrons. The van der Waals surface area contributed by atoms with Crippen LogP contribution in [0, 0.1) is 17.3 Å². The van der Waals surface area contributed by atoms with Gasteiger partial charge in [0.2, 0.25) is 0 Å². The molecule has 3 heteroatoms. The van der Waals surface area contributed by atoms with E-state index in [0.717, 1.165) is 12.0 Å². The molecule has 0 aromatic rings. The number of Topliss-reactive ketones (excluding diaryl/α,β-unsaturated/α-hetero) is 1. The van der Waals surface area contributed by atoms with Crippen LogP contribution in [0.25, 0.3) is 0 Å². The second-order valence-corrected chi connectivity index (χ2v) is 6.00. The lowest BCUT2D eigenvalue weighted by molar-refractivity contribution is -0.149. The van der Waals surface area contributed by atoms with Crippen LogP contribution in [0.1, 0.15) is 47.0 Å². The normalized spacial score (nSPS) is 32.2. The summed E-state index contributed by atoms with van der Waals surface area (Å²) in [5, 5.41) is 0. The van der Waals surface area contributed by atoms with Gasteiger partial charge in [0, 0.05) is 24.3 Å². The van der Waals surface area contributed by atoms with E-state index in [1.54, 1.807) is 0 Å². The fraction of sp³-hybridized carbons (Fsp3) is 0.714.